The highest BCUT2D eigenvalue weighted by atomic mass is 32.1. The fourth-order valence-corrected chi connectivity index (χ4v) is 3.80. The van der Waals surface area contributed by atoms with Crippen molar-refractivity contribution in [1.29, 1.82) is 0 Å². The number of amides is 1. The third-order valence-corrected chi connectivity index (χ3v) is 5.47. The zero-order valence-corrected chi connectivity index (χ0v) is 14.6. The first-order valence-electron chi connectivity index (χ1n) is 8.46. The Kier molecular flexibility index (Phi) is 4.10. The number of imidazole rings is 1. The first kappa shape index (κ1) is 15.4. The van der Waals surface area contributed by atoms with Crippen LogP contribution in [0, 0.1) is 5.92 Å². The van der Waals surface area contributed by atoms with E-state index in [0.717, 1.165) is 17.2 Å². The van der Waals surface area contributed by atoms with E-state index in [1.54, 1.807) is 11.3 Å². The first-order valence-corrected chi connectivity index (χ1v) is 9.34. The molecule has 2 heterocycles. The molecule has 4 rings (SSSR count). The van der Waals surface area contributed by atoms with Gasteiger partial charge in [0.2, 0.25) is 5.91 Å². The van der Waals surface area contributed by atoms with Crippen LogP contribution in [0.1, 0.15) is 37.1 Å². The van der Waals surface area contributed by atoms with Gasteiger partial charge in [0.25, 0.3) is 0 Å². The molecule has 24 heavy (non-hydrogen) atoms. The van der Waals surface area contributed by atoms with Gasteiger partial charge in [0.05, 0.1) is 18.2 Å². The van der Waals surface area contributed by atoms with Gasteiger partial charge in [-0.3, -0.25) is 9.20 Å². The standard InChI is InChI=1S/C19H21N3OS/c1-14(16-5-3-2-4-6-16)22(12-15-7-8-15)18(23)11-17-13-21-9-10-24-19(21)20-17/h2-6,9-10,13-15H,7-8,11-12H2,1H3/t14-/m1/s1. The van der Waals surface area contributed by atoms with Crippen molar-refractivity contribution in [3.8, 4) is 0 Å². The topological polar surface area (TPSA) is 37.6 Å². The van der Waals surface area contributed by atoms with Crippen LogP contribution in [0.25, 0.3) is 4.96 Å². The van der Waals surface area contributed by atoms with E-state index < -0.39 is 0 Å². The predicted octanol–water partition coefficient (Wildman–Crippen LogP) is 3.94. The molecule has 1 fully saturated rings. The number of nitrogens with zero attached hydrogens (tertiary/aromatic N) is 3. The molecule has 1 amide bonds. The molecular weight excluding hydrogens is 318 g/mol. The van der Waals surface area contributed by atoms with E-state index >= 15 is 0 Å². The molecule has 4 nitrogen and oxygen atoms in total. The van der Waals surface area contributed by atoms with Crippen molar-refractivity contribution >= 4 is 22.2 Å². The third kappa shape index (κ3) is 3.22. The molecule has 0 aliphatic heterocycles. The average molecular weight is 339 g/mol. The zero-order chi connectivity index (χ0) is 16.5. The number of aromatic nitrogens is 2. The lowest BCUT2D eigenvalue weighted by Crippen LogP contribution is -2.36. The van der Waals surface area contributed by atoms with Gasteiger partial charge < -0.3 is 4.90 Å². The molecule has 0 N–H and O–H groups in total. The fraction of sp³-hybridized carbons (Fsp3) is 0.368. The molecule has 3 aromatic rings. The van der Waals surface area contributed by atoms with Crippen molar-refractivity contribution in [2.45, 2.75) is 32.2 Å². The number of thiazole rings is 1. The molecule has 1 aliphatic rings. The second-order valence-electron chi connectivity index (χ2n) is 6.58. The van der Waals surface area contributed by atoms with Gasteiger partial charge in [-0.05, 0) is 31.2 Å². The van der Waals surface area contributed by atoms with Crippen LogP contribution in [0.3, 0.4) is 0 Å². The van der Waals surface area contributed by atoms with Crippen LogP contribution in [-0.2, 0) is 11.2 Å². The lowest BCUT2D eigenvalue weighted by molar-refractivity contribution is -0.133. The maximum atomic E-state index is 13.0. The minimum atomic E-state index is 0.100. The molecule has 1 atom stereocenters. The van der Waals surface area contributed by atoms with E-state index in [1.807, 2.05) is 45.3 Å². The molecular formula is C19H21N3OS. The summed E-state index contributed by atoms with van der Waals surface area (Å²) in [6, 6.07) is 10.4. The Morgan fingerprint density at radius 2 is 2.17 bits per heavy atom. The highest BCUT2D eigenvalue weighted by molar-refractivity contribution is 7.15. The monoisotopic (exact) mass is 339 g/mol. The Morgan fingerprint density at radius 1 is 1.38 bits per heavy atom. The van der Waals surface area contributed by atoms with E-state index in [4.69, 9.17) is 0 Å². The lowest BCUT2D eigenvalue weighted by Gasteiger charge is -2.29. The minimum Gasteiger partial charge on any atom is -0.335 e. The summed E-state index contributed by atoms with van der Waals surface area (Å²) in [6.45, 7) is 2.98. The van der Waals surface area contributed by atoms with Crippen molar-refractivity contribution in [1.82, 2.24) is 14.3 Å². The predicted molar refractivity (Wildman–Crippen MR) is 96.1 cm³/mol. The van der Waals surface area contributed by atoms with Gasteiger partial charge >= 0.3 is 0 Å². The van der Waals surface area contributed by atoms with Crippen LogP contribution in [-0.4, -0.2) is 26.7 Å². The van der Waals surface area contributed by atoms with Gasteiger partial charge in [0.1, 0.15) is 0 Å². The second-order valence-corrected chi connectivity index (χ2v) is 7.45. The van der Waals surface area contributed by atoms with Crippen molar-refractivity contribution in [3.63, 3.8) is 0 Å². The average Bonchev–Trinajstić information content (AvgIpc) is 3.19. The molecule has 124 valence electrons. The van der Waals surface area contributed by atoms with Crippen LogP contribution < -0.4 is 0 Å². The highest BCUT2D eigenvalue weighted by Gasteiger charge is 2.30. The summed E-state index contributed by atoms with van der Waals surface area (Å²) >= 11 is 1.59. The summed E-state index contributed by atoms with van der Waals surface area (Å²) in [4.78, 5) is 20.5. The first-order chi connectivity index (χ1) is 11.7. The van der Waals surface area contributed by atoms with Crippen LogP contribution in [0.2, 0.25) is 0 Å². The summed E-state index contributed by atoms with van der Waals surface area (Å²) in [5.74, 6) is 0.842. The van der Waals surface area contributed by atoms with Crippen LogP contribution in [0.15, 0.2) is 48.1 Å². The third-order valence-electron chi connectivity index (χ3n) is 4.70. The number of carbonyl (C=O) groups is 1. The molecule has 1 aromatic carbocycles. The van der Waals surface area contributed by atoms with Crippen molar-refractivity contribution in [2.24, 2.45) is 5.92 Å². The number of fused-ring (bicyclic) bond motifs is 1. The van der Waals surface area contributed by atoms with Crippen molar-refractivity contribution in [2.75, 3.05) is 6.54 Å². The SMILES string of the molecule is C[C@H](c1ccccc1)N(CC1CC1)C(=O)Cc1cn2ccsc2n1. The van der Waals surface area contributed by atoms with Crippen LogP contribution >= 0.6 is 11.3 Å². The van der Waals surface area contributed by atoms with E-state index in [0.29, 0.717) is 12.3 Å². The van der Waals surface area contributed by atoms with Crippen molar-refractivity contribution < 1.29 is 4.79 Å². The highest BCUT2D eigenvalue weighted by Crippen LogP contribution is 2.33. The molecule has 1 aliphatic carbocycles. The molecule has 0 saturated heterocycles. The molecule has 2 aromatic heterocycles. The van der Waals surface area contributed by atoms with Crippen LogP contribution in [0.5, 0.6) is 0 Å². The largest absolute Gasteiger partial charge is 0.335 e. The summed E-state index contributed by atoms with van der Waals surface area (Å²) in [7, 11) is 0. The molecule has 0 spiro atoms. The molecule has 0 bridgehead atoms. The van der Waals surface area contributed by atoms with Gasteiger partial charge in [-0.25, -0.2) is 4.98 Å². The Hall–Kier alpha value is -2.14. The lowest BCUT2D eigenvalue weighted by atomic mass is 10.1. The van der Waals surface area contributed by atoms with E-state index in [1.165, 1.54) is 18.4 Å². The van der Waals surface area contributed by atoms with Gasteiger partial charge in [-0.1, -0.05) is 30.3 Å². The Balaban J connectivity index is 1.53. The maximum absolute atomic E-state index is 13.0. The van der Waals surface area contributed by atoms with Crippen molar-refractivity contribution in [3.05, 3.63) is 59.4 Å². The minimum absolute atomic E-state index is 0.100. The summed E-state index contributed by atoms with van der Waals surface area (Å²) in [5, 5.41) is 2.00. The quantitative estimate of drug-likeness (QED) is 0.682. The van der Waals surface area contributed by atoms with E-state index in [-0.39, 0.29) is 11.9 Å². The number of hydrogen-bond acceptors (Lipinski definition) is 3. The van der Waals surface area contributed by atoms with Gasteiger partial charge in [0, 0.05) is 24.3 Å². The molecule has 1 saturated carbocycles. The van der Waals surface area contributed by atoms with Gasteiger partial charge in [0.15, 0.2) is 4.96 Å². The van der Waals surface area contributed by atoms with Gasteiger partial charge in [-0.2, -0.15) is 0 Å². The Morgan fingerprint density at radius 3 is 2.88 bits per heavy atom. The zero-order valence-electron chi connectivity index (χ0n) is 13.8. The Labute approximate surface area is 145 Å². The van der Waals surface area contributed by atoms with Crippen LogP contribution in [0.4, 0.5) is 0 Å². The fourth-order valence-electron chi connectivity index (χ4n) is 3.08. The van der Waals surface area contributed by atoms with Gasteiger partial charge in [-0.15, -0.1) is 11.3 Å². The second kappa shape index (κ2) is 6.40. The molecule has 5 heteroatoms. The number of benzene rings is 1. The molecule has 0 radical (unpaired) electrons. The normalized spacial score (nSPS) is 15.5. The van der Waals surface area contributed by atoms with E-state index in [2.05, 4.69) is 24.0 Å². The molecule has 0 unspecified atom stereocenters. The summed E-state index contributed by atoms with van der Waals surface area (Å²) in [5.41, 5.74) is 2.05. The number of rotatable bonds is 6. The number of carbonyl (C=O) groups excluding carboxylic acids is 1. The maximum Gasteiger partial charge on any atom is 0.229 e. The van der Waals surface area contributed by atoms with E-state index in [9.17, 15) is 4.79 Å². The summed E-state index contributed by atoms with van der Waals surface area (Å²) in [6.07, 6.45) is 6.80. The Bertz CT molecular complexity index is 806. The number of hydrogen-bond donors (Lipinski definition) is 0. The smallest absolute Gasteiger partial charge is 0.229 e. The summed E-state index contributed by atoms with van der Waals surface area (Å²) < 4.78 is 1.99.